The molecule has 7 nitrogen and oxygen atoms in total. The molecule has 2 aromatic carbocycles. The van der Waals surface area contributed by atoms with Gasteiger partial charge in [-0.15, -0.1) is 0 Å². The molecule has 3 atom stereocenters. The lowest BCUT2D eigenvalue weighted by atomic mass is 10.1. The summed E-state index contributed by atoms with van der Waals surface area (Å²) < 4.78 is 5.51. The Balaban J connectivity index is 1.47. The number of aliphatic hydroxyl groups is 1. The summed E-state index contributed by atoms with van der Waals surface area (Å²) in [5.74, 6) is -0.0331. The molecule has 2 N–H and O–H groups in total. The number of carboxylic acid groups (broad SMARTS) is 1. The number of aromatic carboxylic acids is 1. The van der Waals surface area contributed by atoms with Gasteiger partial charge in [0.15, 0.2) is 11.9 Å². The van der Waals surface area contributed by atoms with E-state index in [9.17, 15) is 15.0 Å². The number of carbonyl (C=O) groups is 1. The molecule has 1 aromatic heterocycles. The number of carbonyl (C=O) groups excluding carboxylic acids is 1. The molecule has 4 rings (SSSR count). The van der Waals surface area contributed by atoms with Crippen molar-refractivity contribution >= 4 is 5.97 Å². The predicted octanol–water partition coefficient (Wildman–Crippen LogP) is -0.0853. The molecule has 1 aliphatic heterocycles. The molecule has 0 saturated carbocycles. The van der Waals surface area contributed by atoms with Crippen molar-refractivity contribution in [3.63, 3.8) is 0 Å². The van der Waals surface area contributed by atoms with Gasteiger partial charge in [-0.2, -0.15) is 4.98 Å². The van der Waals surface area contributed by atoms with Crippen molar-refractivity contribution in [2.75, 3.05) is 6.54 Å². The van der Waals surface area contributed by atoms with Crippen molar-refractivity contribution in [2.45, 2.75) is 31.5 Å². The first-order valence-electron chi connectivity index (χ1n) is 9.28. The third-order valence-electron chi connectivity index (χ3n) is 5.11. The lowest BCUT2D eigenvalue weighted by molar-refractivity contribution is -0.934. The number of rotatable bonds is 6. The van der Waals surface area contributed by atoms with Gasteiger partial charge in [-0.05, 0) is 11.1 Å². The maximum atomic E-state index is 10.9. The van der Waals surface area contributed by atoms with E-state index in [1.54, 1.807) is 12.1 Å². The largest absolute Gasteiger partial charge is 0.545 e. The summed E-state index contributed by atoms with van der Waals surface area (Å²) in [6.45, 7) is 1.20. The summed E-state index contributed by atoms with van der Waals surface area (Å²) in [4.78, 5) is 16.6. The van der Waals surface area contributed by atoms with Gasteiger partial charge in [-0.1, -0.05) is 59.8 Å². The monoisotopic (exact) mass is 379 g/mol. The quantitative estimate of drug-likeness (QED) is 0.621. The van der Waals surface area contributed by atoms with E-state index in [1.165, 1.54) is 12.1 Å². The molecule has 1 aliphatic rings. The van der Waals surface area contributed by atoms with Gasteiger partial charge in [-0.25, -0.2) is 0 Å². The van der Waals surface area contributed by atoms with Crippen molar-refractivity contribution in [2.24, 2.45) is 0 Å². The molecule has 3 aromatic rings. The van der Waals surface area contributed by atoms with Crippen molar-refractivity contribution in [3.8, 4) is 0 Å². The van der Waals surface area contributed by atoms with E-state index < -0.39 is 12.1 Å². The molecule has 1 fully saturated rings. The topological polar surface area (TPSA) is 104 Å². The van der Waals surface area contributed by atoms with Crippen LogP contribution in [0.3, 0.4) is 0 Å². The number of aromatic nitrogens is 2. The van der Waals surface area contributed by atoms with Crippen LogP contribution in [-0.4, -0.2) is 33.9 Å². The minimum absolute atomic E-state index is 0.0900. The SMILES string of the molecule is O=C([O-])c1ccc(C[NH+]2C[C@H](O)C[C@H]2c2nc(Cc3ccccc3)no2)cc1. The molecule has 0 radical (unpaired) electrons. The summed E-state index contributed by atoms with van der Waals surface area (Å²) in [5, 5.41) is 25.2. The van der Waals surface area contributed by atoms with Crippen LogP contribution < -0.4 is 10.0 Å². The van der Waals surface area contributed by atoms with Crippen molar-refractivity contribution in [1.82, 2.24) is 10.1 Å². The van der Waals surface area contributed by atoms with E-state index in [1.807, 2.05) is 30.3 Å². The molecule has 2 heterocycles. The van der Waals surface area contributed by atoms with Crippen LogP contribution in [0.15, 0.2) is 59.1 Å². The fourth-order valence-corrected chi connectivity index (χ4v) is 3.72. The zero-order valence-electron chi connectivity index (χ0n) is 15.2. The molecule has 1 unspecified atom stereocenters. The Hall–Kier alpha value is -3.03. The highest BCUT2D eigenvalue weighted by Gasteiger charge is 2.39. The molecule has 0 spiro atoms. The van der Waals surface area contributed by atoms with Crippen LogP contribution in [0.25, 0.3) is 0 Å². The number of hydrogen-bond donors (Lipinski definition) is 2. The number of benzene rings is 2. The summed E-state index contributed by atoms with van der Waals surface area (Å²) in [6.07, 6.45) is 0.714. The molecule has 1 saturated heterocycles. The number of nitrogens with one attached hydrogen (secondary N) is 1. The fourth-order valence-electron chi connectivity index (χ4n) is 3.72. The second kappa shape index (κ2) is 7.92. The Kier molecular flexibility index (Phi) is 5.18. The third kappa shape index (κ3) is 4.11. The minimum atomic E-state index is -1.19. The number of hydrogen-bond acceptors (Lipinski definition) is 6. The first-order valence-corrected chi connectivity index (χ1v) is 9.28. The van der Waals surface area contributed by atoms with Crippen LogP contribution >= 0.6 is 0 Å². The number of likely N-dealkylation sites (tertiary alicyclic amines) is 1. The molecule has 28 heavy (non-hydrogen) atoms. The zero-order valence-corrected chi connectivity index (χ0v) is 15.2. The van der Waals surface area contributed by atoms with Gasteiger partial charge < -0.3 is 24.4 Å². The fraction of sp³-hybridized carbons (Fsp3) is 0.286. The first kappa shape index (κ1) is 18.3. The van der Waals surface area contributed by atoms with Crippen LogP contribution in [0.2, 0.25) is 0 Å². The second-order valence-electron chi connectivity index (χ2n) is 7.18. The molecule has 7 heteroatoms. The number of aliphatic hydroxyl groups excluding tert-OH is 1. The van der Waals surface area contributed by atoms with Crippen molar-refractivity contribution < 1.29 is 24.4 Å². The van der Waals surface area contributed by atoms with E-state index in [-0.39, 0.29) is 11.6 Å². The van der Waals surface area contributed by atoms with Crippen molar-refractivity contribution in [1.29, 1.82) is 0 Å². The van der Waals surface area contributed by atoms with Crippen LogP contribution in [0.5, 0.6) is 0 Å². The standard InChI is InChI=1S/C21H21N3O4/c25-17-11-18(20-22-19(23-28-20)10-14-4-2-1-3-5-14)24(13-17)12-15-6-8-16(9-7-15)21(26)27/h1-9,17-18,25H,10-13H2,(H,26,27)/t17-,18+/m1/s1. The van der Waals surface area contributed by atoms with Crippen LogP contribution in [0.1, 0.15) is 45.7 Å². The minimum Gasteiger partial charge on any atom is -0.545 e. The maximum Gasteiger partial charge on any atom is 0.285 e. The van der Waals surface area contributed by atoms with E-state index >= 15 is 0 Å². The number of nitrogens with zero attached hydrogens (tertiary/aromatic N) is 2. The smallest absolute Gasteiger partial charge is 0.285 e. The van der Waals surface area contributed by atoms with Gasteiger partial charge in [0.25, 0.3) is 5.89 Å². The van der Waals surface area contributed by atoms with Gasteiger partial charge in [-0.3, -0.25) is 0 Å². The second-order valence-corrected chi connectivity index (χ2v) is 7.18. The Labute approximate surface area is 162 Å². The lowest BCUT2D eigenvalue weighted by Crippen LogP contribution is -3.09. The molecule has 0 aliphatic carbocycles. The molecule has 0 amide bonds. The van der Waals surface area contributed by atoms with Crippen LogP contribution in [0, 0.1) is 0 Å². The molecule has 0 bridgehead atoms. The van der Waals surface area contributed by atoms with E-state index in [0.29, 0.717) is 37.6 Å². The van der Waals surface area contributed by atoms with Gasteiger partial charge in [0.1, 0.15) is 19.2 Å². The number of quaternary nitrogens is 1. The predicted molar refractivity (Wildman–Crippen MR) is 97.2 cm³/mol. The van der Waals surface area contributed by atoms with Gasteiger partial charge >= 0.3 is 0 Å². The Morgan fingerprint density at radius 1 is 1.14 bits per heavy atom. The van der Waals surface area contributed by atoms with E-state index in [4.69, 9.17) is 4.52 Å². The first-order chi connectivity index (χ1) is 13.6. The Morgan fingerprint density at radius 3 is 2.61 bits per heavy atom. The maximum absolute atomic E-state index is 10.9. The van der Waals surface area contributed by atoms with Gasteiger partial charge in [0.05, 0.1) is 5.97 Å². The highest BCUT2D eigenvalue weighted by Crippen LogP contribution is 2.19. The molecule has 144 valence electrons. The highest BCUT2D eigenvalue weighted by molar-refractivity contribution is 5.85. The van der Waals surface area contributed by atoms with Gasteiger partial charge in [0, 0.05) is 18.4 Å². The molecular weight excluding hydrogens is 358 g/mol. The zero-order chi connectivity index (χ0) is 19.5. The van der Waals surface area contributed by atoms with Crippen LogP contribution in [-0.2, 0) is 13.0 Å². The molecular formula is C21H21N3O4. The normalized spacial score (nSPS) is 21.7. The lowest BCUT2D eigenvalue weighted by Gasteiger charge is -2.18. The van der Waals surface area contributed by atoms with Crippen LogP contribution in [0.4, 0.5) is 0 Å². The van der Waals surface area contributed by atoms with E-state index in [2.05, 4.69) is 10.1 Å². The Morgan fingerprint density at radius 2 is 1.89 bits per heavy atom. The Bertz CT molecular complexity index is 940. The summed E-state index contributed by atoms with van der Waals surface area (Å²) >= 11 is 0. The summed E-state index contributed by atoms with van der Waals surface area (Å²) in [6, 6.07) is 16.5. The number of carboxylic acids is 1. The highest BCUT2D eigenvalue weighted by atomic mass is 16.5. The van der Waals surface area contributed by atoms with E-state index in [0.717, 1.165) is 16.0 Å². The third-order valence-corrected chi connectivity index (χ3v) is 5.11. The van der Waals surface area contributed by atoms with Gasteiger partial charge in [0.2, 0.25) is 0 Å². The summed E-state index contributed by atoms with van der Waals surface area (Å²) in [5.41, 5.74) is 2.24. The summed E-state index contributed by atoms with van der Waals surface area (Å²) in [7, 11) is 0. The van der Waals surface area contributed by atoms with Crippen molar-refractivity contribution in [3.05, 3.63) is 83.0 Å². The average Bonchev–Trinajstić information content (AvgIpc) is 3.29. The average molecular weight is 379 g/mol.